The van der Waals surface area contributed by atoms with Crippen LogP contribution in [0.3, 0.4) is 0 Å². The topological polar surface area (TPSA) is 130 Å². The van der Waals surface area contributed by atoms with Crippen molar-refractivity contribution in [1.82, 2.24) is 14.7 Å². The van der Waals surface area contributed by atoms with Crippen LogP contribution in [-0.2, 0) is 14.8 Å². The molecule has 0 atom stereocenters. The van der Waals surface area contributed by atoms with Crippen LogP contribution in [0, 0.1) is 5.82 Å². The molecule has 0 aliphatic heterocycles. The molecule has 3 amide bonds. The Morgan fingerprint density at radius 1 is 0.967 bits per heavy atom. The Hall–Kier alpha value is -3.08. The third-order valence-corrected chi connectivity index (χ3v) is 5.39. The quantitative estimate of drug-likeness (QED) is 0.635. The molecule has 9 nitrogen and oxygen atoms in total. The number of hydrogen-bond acceptors (Lipinski definition) is 6. The molecule has 0 bridgehead atoms. The van der Waals surface area contributed by atoms with Crippen molar-refractivity contribution in [2.45, 2.75) is 51.3 Å². The van der Waals surface area contributed by atoms with E-state index in [0.29, 0.717) is 16.8 Å². The number of rotatable bonds is 6. The third-order valence-electron chi connectivity index (χ3n) is 4.10. The van der Waals surface area contributed by atoms with Gasteiger partial charge in [-0.1, -0.05) is 27.7 Å². The number of amides is 3. The fraction of sp³-hybridized carbons (Fsp3) is 0.368. The van der Waals surface area contributed by atoms with Gasteiger partial charge in [-0.2, -0.15) is 0 Å². The number of aromatic nitrogens is 2. The van der Waals surface area contributed by atoms with Crippen molar-refractivity contribution in [3.05, 3.63) is 41.5 Å². The number of benzene rings is 1. The maximum atomic E-state index is 14.0. The zero-order valence-electron chi connectivity index (χ0n) is 17.3. The molecule has 0 saturated carbocycles. The average Bonchev–Trinajstić information content (AvgIpc) is 2.61. The van der Waals surface area contributed by atoms with E-state index in [1.807, 2.05) is 32.4 Å². The number of carbonyl (C=O) groups excluding carboxylic acids is 2. The monoisotopic (exact) mass is 437 g/mol. The van der Waals surface area contributed by atoms with Crippen LogP contribution in [0.25, 0.3) is 0 Å². The second-order valence-electron chi connectivity index (χ2n) is 7.25. The van der Waals surface area contributed by atoms with E-state index in [2.05, 4.69) is 20.6 Å². The Morgan fingerprint density at radius 2 is 1.47 bits per heavy atom. The third kappa shape index (κ3) is 5.72. The molecule has 30 heavy (non-hydrogen) atoms. The minimum Gasteiger partial charge on any atom is -0.307 e. The first kappa shape index (κ1) is 23.2. The van der Waals surface area contributed by atoms with Gasteiger partial charge in [0, 0.05) is 12.6 Å². The van der Waals surface area contributed by atoms with Crippen molar-refractivity contribution in [3.63, 3.8) is 0 Å². The molecule has 0 saturated heterocycles. The van der Waals surface area contributed by atoms with E-state index >= 15 is 0 Å². The molecule has 3 N–H and O–H groups in total. The van der Waals surface area contributed by atoms with Crippen molar-refractivity contribution >= 4 is 33.6 Å². The highest BCUT2D eigenvalue weighted by Gasteiger charge is 2.22. The van der Waals surface area contributed by atoms with E-state index in [1.165, 1.54) is 19.1 Å². The van der Waals surface area contributed by atoms with Gasteiger partial charge >= 0.3 is 6.03 Å². The minimum atomic E-state index is -4.27. The van der Waals surface area contributed by atoms with Gasteiger partial charge in [-0.05, 0) is 35.1 Å². The fourth-order valence-corrected chi connectivity index (χ4v) is 3.50. The zero-order chi connectivity index (χ0) is 22.6. The number of nitrogens with zero attached hydrogens (tertiary/aromatic N) is 2. The summed E-state index contributed by atoms with van der Waals surface area (Å²) in [5.74, 6) is -1.14. The van der Waals surface area contributed by atoms with Crippen LogP contribution in [0.4, 0.5) is 20.8 Å². The Balaban J connectivity index is 2.27. The van der Waals surface area contributed by atoms with Crippen LogP contribution < -0.4 is 15.4 Å². The highest BCUT2D eigenvalue weighted by molar-refractivity contribution is 7.90. The van der Waals surface area contributed by atoms with E-state index in [4.69, 9.17) is 0 Å². The standard InChI is InChI=1S/C19H24FN5O4S/c1-10(2)15-6-13(20)7-16(11(3)4)17(15)24-19(27)25-30(28,29)14-8-21-18(22-9-14)23-12(5)26/h6-11H,1-5H3,(H2,24,25,27)(H,21,22,23,26). The van der Waals surface area contributed by atoms with Gasteiger partial charge < -0.3 is 5.32 Å². The first-order valence-corrected chi connectivity index (χ1v) is 10.7. The van der Waals surface area contributed by atoms with E-state index < -0.39 is 27.8 Å². The lowest BCUT2D eigenvalue weighted by Crippen LogP contribution is -2.35. The molecule has 2 aromatic rings. The molecular formula is C19H24FN5O4S. The number of nitrogens with one attached hydrogen (secondary N) is 3. The lowest BCUT2D eigenvalue weighted by Gasteiger charge is -2.20. The molecule has 11 heteroatoms. The summed E-state index contributed by atoms with van der Waals surface area (Å²) in [6, 6.07) is 1.63. The fourth-order valence-electron chi connectivity index (χ4n) is 2.70. The van der Waals surface area contributed by atoms with Crippen LogP contribution >= 0.6 is 0 Å². The summed E-state index contributed by atoms with van der Waals surface area (Å²) in [5.41, 5.74) is 1.47. The lowest BCUT2D eigenvalue weighted by molar-refractivity contribution is -0.114. The molecule has 0 fully saturated rings. The van der Waals surface area contributed by atoms with Gasteiger partial charge in [0.15, 0.2) is 0 Å². The van der Waals surface area contributed by atoms with Crippen molar-refractivity contribution in [2.24, 2.45) is 0 Å². The average molecular weight is 437 g/mol. The number of anilines is 2. The molecule has 1 aromatic carbocycles. The highest BCUT2D eigenvalue weighted by Crippen LogP contribution is 2.33. The zero-order valence-corrected chi connectivity index (χ0v) is 18.1. The van der Waals surface area contributed by atoms with Crippen LogP contribution in [-0.4, -0.2) is 30.3 Å². The number of halogens is 1. The molecule has 0 aliphatic carbocycles. The van der Waals surface area contributed by atoms with Crippen LogP contribution in [0.1, 0.15) is 57.6 Å². The predicted molar refractivity (Wildman–Crippen MR) is 110 cm³/mol. The maximum absolute atomic E-state index is 14.0. The molecule has 1 aromatic heterocycles. The summed E-state index contributed by atoms with van der Waals surface area (Å²) in [6.07, 6.45) is 1.93. The molecule has 0 unspecified atom stereocenters. The van der Waals surface area contributed by atoms with Gasteiger partial charge in [0.2, 0.25) is 11.9 Å². The SMILES string of the molecule is CC(=O)Nc1ncc(S(=O)(=O)NC(=O)Nc2c(C(C)C)cc(F)cc2C(C)C)cn1. The van der Waals surface area contributed by atoms with Crippen molar-refractivity contribution in [1.29, 1.82) is 0 Å². The van der Waals surface area contributed by atoms with E-state index in [-0.39, 0.29) is 22.7 Å². The molecule has 0 radical (unpaired) electrons. The smallest absolute Gasteiger partial charge is 0.307 e. The van der Waals surface area contributed by atoms with Crippen molar-refractivity contribution in [3.8, 4) is 0 Å². The van der Waals surface area contributed by atoms with Gasteiger partial charge in [-0.3, -0.25) is 10.1 Å². The Labute approximate surface area is 174 Å². The van der Waals surface area contributed by atoms with Gasteiger partial charge in [-0.25, -0.2) is 32.3 Å². The maximum Gasteiger partial charge on any atom is 0.333 e. The summed E-state index contributed by atoms with van der Waals surface area (Å²) in [7, 11) is -4.27. The number of carbonyl (C=O) groups is 2. The van der Waals surface area contributed by atoms with E-state index in [0.717, 1.165) is 12.4 Å². The Kier molecular flexibility index (Phi) is 7.08. The van der Waals surface area contributed by atoms with Gasteiger partial charge in [0.1, 0.15) is 10.7 Å². The molecule has 2 rings (SSSR count). The Bertz CT molecular complexity index is 1020. The lowest BCUT2D eigenvalue weighted by atomic mass is 9.92. The van der Waals surface area contributed by atoms with E-state index in [9.17, 15) is 22.4 Å². The summed E-state index contributed by atoms with van der Waals surface area (Å²) in [4.78, 5) is 30.5. The van der Waals surface area contributed by atoms with Gasteiger partial charge in [0.25, 0.3) is 10.0 Å². The minimum absolute atomic E-state index is 0.0691. The molecule has 1 heterocycles. The van der Waals surface area contributed by atoms with Crippen molar-refractivity contribution < 1.29 is 22.4 Å². The number of urea groups is 1. The molecule has 162 valence electrons. The molecular weight excluding hydrogens is 413 g/mol. The second-order valence-corrected chi connectivity index (χ2v) is 8.93. The van der Waals surface area contributed by atoms with Gasteiger partial charge in [-0.15, -0.1) is 0 Å². The van der Waals surface area contributed by atoms with Crippen LogP contribution in [0.2, 0.25) is 0 Å². The normalized spacial score (nSPS) is 11.5. The molecule has 0 spiro atoms. The summed E-state index contributed by atoms with van der Waals surface area (Å²) >= 11 is 0. The largest absolute Gasteiger partial charge is 0.333 e. The number of hydrogen-bond donors (Lipinski definition) is 3. The summed E-state index contributed by atoms with van der Waals surface area (Å²) in [6.45, 7) is 8.62. The summed E-state index contributed by atoms with van der Waals surface area (Å²) < 4.78 is 40.8. The Morgan fingerprint density at radius 3 is 1.90 bits per heavy atom. The molecule has 0 aliphatic rings. The van der Waals surface area contributed by atoms with E-state index in [1.54, 1.807) is 0 Å². The second kappa shape index (κ2) is 9.16. The predicted octanol–water partition coefficient (Wildman–Crippen LogP) is 3.33. The van der Waals surface area contributed by atoms with Gasteiger partial charge in [0.05, 0.1) is 12.4 Å². The summed E-state index contributed by atoms with van der Waals surface area (Å²) in [5, 5.41) is 4.85. The number of sulfonamides is 1. The first-order valence-electron chi connectivity index (χ1n) is 9.17. The van der Waals surface area contributed by atoms with Crippen LogP contribution in [0.5, 0.6) is 0 Å². The van der Waals surface area contributed by atoms with Crippen LogP contribution in [0.15, 0.2) is 29.4 Å². The van der Waals surface area contributed by atoms with Crippen molar-refractivity contribution in [2.75, 3.05) is 10.6 Å². The first-order chi connectivity index (χ1) is 13.9. The highest BCUT2D eigenvalue weighted by atomic mass is 32.2.